The lowest BCUT2D eigenvalue weighted by Crippen LogP contribution is -2.55. The van der Waals surface area contributed by atoms with Crippen molar-refractivity contribution in [3.8, 4) is 17.2 Å². The van der Waals surface area contributed by atoms with Gasteiger partial charge in [-0.05, 0) is 29.0 Å². The Kier molecular flexibility index (Phi) is 8.71. The van der Waals surface area contributed by atoms with Crippen LogP contribution in [0.2, 0.25) is 0 Å². The second-order valence-electron chi connectivity index (χ2n) is 10.2. The molecule has 0 saturated carbocycles. The van der Waals surface area contributed by atoms with Crippen LogP contribution in [0, 0.1) is 17.2 Å². The number of primary amides is 1. The van der Waals surface area contributed by atoms with Crippen molar-refractivity contribution in [1.82, 2.24) is 25.2 Å². The fourth-order valence-corrected chi connectivity index (χ4v) is 5.03. The minimum atomic E-state index is -1.22. The molecule has 0 bridgehead atoms. The topological polar surface area (TPSA) is 170 Å². The van der Waals surface area contributed by atoms with E-state index in [0.717, 1.165) is 16.7 Å². The number of hydrogen-bond acceptors (Lipinski definition) is 8. The highest BCUT2D eigenvalue weighted by atomic mass is 16.3. The van der Waals surface area contributed by atoms with Crippen LogP contribution in [0.5, 0.6) is 0 Å². The van der Waals surface area contributed by atoms with Crippen molar-refractivity contribution in [2.45, 2.75) is 57.1 Å². The molecular formula is C28H33N7O4. The predicted molar refractivity (Wildman–Crippen MR) is 142 cm³/mol. The number of aromatic nitrogens is 3. The molecule has 11 heteroatoms. The van der Waals surface area contributed by atoms with E-state index in [-0.39, 0.29) is 31.0 Å². The van der Waals surface area contributed by atoms with Crippen molar-refractivity contribution < 1.29 is 19.8 Å². The number of β-amino-alcohol motifs (C(OH)–C–C–N with tert-alkyl or cyclic N) is 1. The van der Waals surface area contributed by atoms with E-state index in [9.17, 15) is 19.8 Å². The summed E-state index contributed by atoms with van der Waals surface area (Å²) in [6.45, 7) is 3.79. The Balaban J connectivity index is 1.48. The number of rotatable bonds is 10. The normalized spacial score (nSPS) is 19.8. The summed E-state index contributed by atoms with van der Waals surface area (Å²) in [6, 6.07) is 16.9. The standard InChI is InChI=1S/C28H33N7O4/c1-17(2)25(35-15-21(14-29)32-33-35)28(39)34-16-22(36)13-24(34)27(38)31-23(26(30)37)12-18-8-10-20(11-9-18)19-6-4-3-5-7-19/h3-11,15,17,22-25,28,36,39H,12-13,16H2,1-2H3,(H2,30,37)(H,31,38). The zero-order valence-corrected chi connectivity index (χ0v) is 21.9. The van der Waals surface area contributed by atoms with E-state index in [2.05, 4.69) is 15.6 Å². The molecule has 2 heterocycles. The Morgan fingerprint density at radius 2 is 1.82 bits per heavy atom. The van der Waals surface area contributed by atoms with Gasteiger partial charge in [0.2, 0.25) is 11.8 Å². The van der Waals surface area contributed by atoms with E-state index < -0.39 is 42.3 Å². The molecule has 0 spiro atoms. The average molecular weight is 532 g/mol. The van der Waals surface area contributed by atoms with E-state index in [1.54, 1.807) is 0 Å². The van der Waals surface area contributed by atoms with Crippen LogP contribution in [0.1, 0.15) is 37.6 Å². The van der Waals surface area contributed by atoms with E-state index in [1.165, 1.54) is 15.8 Å². The average Bonchev–Trinajstić information content (AvgIpc) is 3.55. The molecule has 11 nitrogen and oxygen atoms in total. The van der Waals surface area contributed by atoms with Crippen molar-refractivity contribution >= 4 is 11.8 Å². The smallest absolute Gasteiger partial charge is 0.240 e. The molecule has 0 aliphatic carbocycles. The zero-order valence-electron chi connectivity index (χ0n) is 21.9. The summed E-state index contributed by atoms with van der Waals surface area (Å²) in [5.41, 5.74) is 8.66. The predicted octanol–water partition coefficient (Wildman–Crippen LogP) is 0.980. The summed E-state index contributed by atoms with van der Waals surface area (Å²) in [6.07, 6.45) is -0.374. The number of nitrogens with two attached hydrogens (primary N) is 1. The van der Waals surface area contributed by atoms with Crippen LogP contribution >= 0.6 is 0 Å². The summed E-state index contributed by atoms with van der Waals surface area (Å²) in [5.74, 6) is -1.35. The highest BCUT2D eigenvalue weighted by Gasteiger charge is 2.44. The van der Waals surface area contributed by atoms with Crippen LogP contribution in [0.25, 0.3) is 11.1 Å². The third kappa shape index (κ3) is 6.49. The van der Waals surface area contributed by atoms with Crippen LogP contribution in [0.15, 0.2) is 60.8 Å². The van der Waals surface area contributed by atoms with Crippen LogP contribution < -0.4 is 11.1 Å². The molecule has 1 aliphatic heterocycles. The highest BCUT2D eigenvalue weighted by molar-refractivity contribution is 5.89. The molecule has 1 fully saturated rings. The lowest BCUT2D eigenvalue weighted by molar-refractivity contribution is -0.135. The summed E-state index contributed by atoms with van der Waals surface area (Å²) in [5, 5.41) is 41.3. The number of nitrogens with zero attached hydrogens (tertiary/aromatic N) is 5. The summed E-state index contributed by atoms with van der Waals surface area (Å²) in [7, 11) is 0. The van der Waals surface area contributed by atoms with Crippen molar-refractivity contribution in [3.05, 3.63) is 72.1 Å². The first kappa shape index (κ1) is 27.9. The Labute approximate surface area is 226 Å². The van der Waals surface area contributed by atoms with Gasteiger partial charge in [-0.2, -0.15) is 5.26 Å². The molecular weight excluding hydrogens is 498 g/mol. The number of carbonyl (C=O) groups is 2. The molecule has 2 amide bonds. The zero-order chi connectivity index (χ0) is 28.1. The maximum Gasteiger partial charge on any atom is 0.240 e. The van der Waals surface area contributed by atoms with Crippen LogP contribution in [0.4, 0.5) is 0 Å². The fourth-order valence-electron chi connectivity index (χ4n) is 5.03. The minimum Gasteiger partial charge on any atom is -0.392 e. The van der Waals surface area contributed by atoms with Gasteiger partial charge in [0.1, 0.15) is 18.3 Å². The number of aliphatic hydroxyl groups excluding tert-OH is 2. The van der Waals surface area contributed by atoms with Crippen LogP contribution in [-0.4, -0.2) is 72.9 Å². The van der Waals surface area contributed by atoms with Crippen LogP contribution in [0.3, 0.4) is 0 Å². The van der Waals surface area contributed by atoms with Gasteiger partial charge in [0.15, 0.2) is 5.69 Å². The lowest BCUT2D eigenvalue weighted by atomic mass is 9.99. The van der Waals surface area contributed by atoms with Gasteiger partial charge in [-0.15, -0.1) is 5.10 Å². The van der Waals surface area contributed by atoms with Gasteiger partial charge in [0.05, 0.1) is 24.4 Å². The van der Waals surface area contributed by atoms with E-state index in [0.29, 0.717) is 0 Å². The quantitative estimate of drug-likeness (QED) is 0.300. The molecule has 2 aromatic carbocycles. The molecule has 204 valence electrons. The number of carbonyl (C=O) groups excluding carboxylic acids is 2. The third-order valence-electron chi connectivity index (χ3n) is 7.04. The second-order valence-corrected chi connectivity index (χ2v) is 10.2. The van der Waals surface area contributed by atoms with E-state index in [4.69, 9.17) is 11.0 Å². The largest absolute Gasteiger partial charge is 0.392 e. The summed E-state index contributed by atoms with van der Waals surface area (Å²) in [4.78, 5) is 27.1. The molecule has 1 aliphatic rings. The molecule has 5 atom stereocenters. The third-order valence-corrected chi connectivity index (χ3v) is 7.04. The monoisotopic (exact) mass is 531 g/mol. The van der Waals surface area contributed by atoms with Crippen molar-refractivity contribution in [2.24, 2.45) is 11.7 Å². The number of hydrogen-bond donors (Lipinski definition) is 4. The SMILES string of the molecule is CC(C)C(C(O)N1CC(O)CC1C(=O)NC(Cc1ccc(-c2ccccc2)cc1)C(N)=O)n1cc(C#N)nn1. The highest BCUT2D eigenvalue weighted by Crippen LogP contribution is 2.30. The first-order valence-electron chi connectivity index (χ1n) is 12.9. The molecule has 3 aromatic rings. The summed E-state index contributed by atoms with van der Waals surface area (Å²) >= 11 is 0. The Hall–Kier alpha value is -4.11. The fraction of sp³-hybridized carbons (Fsp3) is 0.393. The molecule has 5 N–H and O–H groups in total. The first-order valence-corrected chi connectivity index (χ1v) is 12.9. The molecule has 4 rings (SSSR count). The molecule has 5 unspecified atom stereocenters. The summed E-state index contributed by atoms with van der Waals surface area (Å²) < 4.78 is 1.40. The number of aliphatic hydroxyl groups is 2. The van der Waals surface area contributed by atoms with Gasteiger partial charge in [-0.1, -0.05) is 73.7 Å². The van der Waals surface area contributed by atoms with Gasteiger partial charge in [-0.3, -0.25) is 14.5 Å². The maximum absolute atomic E-state index is 13.4. The first-order chi connectivity index (χ1) is 18.7. The number of nitrogens with one attached hydrogen (secondary N) is 1. The van der Waals surface area contributed by atoms with E-state index in [1.807, 2.05) is 74.5 Å². The van der Waals surface area contributed by atoms with Gasteiger partial charge < -0.3 is 21.3 Å². The molecule has 0 radical (unpaired) electrons. The van der Waals surface area contributed by atoms with Gasteiger partial charge in [-0.25, -0.2) is 4.68 Å². The number of amides is 2. The van der Waals surface area contributed by atoms with Crippen molar-refractivity contribution in [3.63, 3.8) is 0 Å². The Morgan fingerprint density at radius 3 is 2.41 bits per heavy atom. The van der Waals surface area contributed by atoms with Gasteiger partial charge in [0, 0.05) is 13.0 Å². The maximum atomic E-state index is 13.4. The number of benzene rings is 2. The molecule has 1 saturated heterocycles. The second kappa shape index (κ2) is 12.2. The molecule has 1 aromatic heterocycles. The number of likely N-dealkylation sites (tertiary alicyclic amines) is 1. The minimum absolute atomic E-state index is 0.0461. The van der Waals surface area contributed by atoms with Crippen LogP contribution in [-0.2, 0) is 16.0 Å². The van der Waals surface area contributed by atoms with Gasteiger partial charge >= 0.3 is 0 Å². The molecule has 39 heavy (non-hydrogen) atoms. The van der Waals surface area contributed by atoms with Crippen molar-refractivity contribution in [1.29, 1.82) is 5.26 Å². The van der Waals surface area contributed by atoms with Gasteiger partial charge in [0.25, 0.3) is 0 Å². The van der Waals surface area contributed by atoms with Crippen molar-refractivity contribution in [2.75, 3.05) is 6.54 Å². The Morgan fingerprint density at radius 1 is 1.15 bits per heavy atom. The Bertz CT molecular complexity index is 1320. The number of nitriles is 1. The van der Waals surface area contributed by atoms with E-state index >= 15 is 0 Å². The lowest BCUT2D eigenvalue weighted by Gasteiger charge is -2.35.